The van der Waals surface area contributed by atoms with E-state index in [0.29, 0.717) is 11.5 Å². The first kappa shape index (κ1) is 19.3. The molecule has 0 heterocycles. The van der Waals surface area contributed by atoms with Crippen LogP contribution in [-0.2, 0) is 16.1 Å². The minimum Gasteiger partial charge on any atom is -0.493 e. The van der Waals surface area contributed by atoms with Gasteiger partial charge in [-0.3, -0.25) is 4.79 Å². The van der Waals surface area contributed by atoms with Crippen LogP contribution in [0.15, 0.2) is 41.6 Å². The average Bonchev–Trinajstić information content (AvgIpc) is 2.66. The Morgan fingerprint density at radius 3 is 2.62 bits per heavy atom. The lowest BCUT2D eigenvalue weighted by Gasteiger charge is -2.12. The fraction of sp³-hybridized carbons (Fsp3) is 0.300. The van der Waals surface area contributed by atoms with Crippen molar-refractivity contribution in [2.24, 2.45) is 5.16 Å². The van der Waals surface area contributed by atoms with Gasteiger partial charge >= 0.3 is 0 Å². The number of benzene rings is 2. The van der Waals surface area contributed by atoms with Gasteiger partial charge < -0.3 is 19.6 Å². The zero-order chi connectivity index (χ0) is 18.9. The van der Waals surface area contributed by atoms with Gasteiger partial charge in [0.1, 0.15) is 0 Å². The highest BCUT2D eigenvalue weighted by Crippen LogP contribution is 2.26. The van der Waals surface area contributed by atoms with Crippen LogP contribution in [-0.4, -0.2) is 32.9 Å². The highest BCUT2D eigenvalue weighted by Gasteiger charge is 2.09. The van der Waals surface area contributed by atoms with E-state index in [0.717, 1.165) is 28.8 Å². The van der Waals surface area contributed by atoms with E-state index in [9.17, 15) is 4.79 Å². The van der Waals surface area contributed by atoms with Crippen LogP contribution in [0, 0.1) is 6.92 Å². The highest BCUT2D eigenvalue weighted by atomic mass is 16.6. The molecular weight excluding hydrogens is 332 g/mol. The molecule has 0 radical (unpaired) electrons. The molecule has 1 N–H and O–H groups in total. The fourth-order valence-electron chi connectivity index (χ4n) is 2.50. The maximum atomic E-state index is 12.1. The van der Waals surface area contributed by atoms with Gasteiger partial charge in [0.25, 0.3) is 5.91 Å². The summed E-state index contributed by atoms with van der Waals surface area (Å²) in [6, 6.07) is 11.3. The lowest BCUT2D eigenvalue weighted by atomic mass is 10.1. The van der Waals surface area contributed by atoms with Crippen LogP contribution in [0.3, 0.4) is 0 Å². The van der Waals surface area contributed by atoms with Crippen molar-refractivity contribution in [1.82, 2.24) is 0 Å². The number of nitrogens with one attached hydrogen (secondary N) is 1. The molecule has 26 heavy (non-hydrogen) atoms. The van der Waals surface area contributed by atoms with Crippen LogP contribution in [0.4, 0.5) is 5.69 Å². The third kappa shape index (κ3) is 4.99. The maximum absolute atomic E-state index is 12.1. The van der Waals surface area contributed by atoms with Crippen molar-refractivity contribution < 1.29 is 19.1 Å². The van der Waals surface area contributed by atoms with Gasteiger partial charge in [-0.1, -0.05) is 30.3 Å². The molecule has 0 atom stereocenters. The normalized spacial score (nSPS) is 10.6. The molecule has 0 aliphatic carbocycles. The molecule has 0 spiro atoms. The molecule has 2 rings (SSSR count). The Labute approximate surface area is 153 Å². The predicted octanol–water partition coefficient (Wildman–Crippen LogP) is 3.56. The number of rotatable bonds is 8. The van der Waals surface area contributed by atoms with Crippen molar-refractivity contribution in [3.63, 3.8) is 0 Å². The van der Waals surface area contributed by atoms with Gasteiger partial charge in [0.2, 0.25) is 0 Å². The quantitative estimate of drug-likeness (QED) is 0.580. The van der Waals surface area contributed by atoms with Gasteiger partial charge in [0.15, 0.2) is 18.1 Å². The van der Waals surface area contributed by atoms with E-state index in [-0.39, 0.29) is 12.5 Å². The molecule has 0 fully saturated rings. The van der Waals surface area contributed by atoms with Crippen molar-refractivity contribution in [3.05, 3.63) is 53.1 Å². The van der Waals surface area contributed by atoms with Crippen molar-refractivity contribution in [3.8, 4) is 11.5 Å². The zero-order valence-corrected chi connectivity index (χ0v) is 15.5. The Morgan fingerprint density at radius 2 is 1.92 bits per heavy atom. The number of methoxy groups -OCH3 is 2. The Bertz CT molecular complexity index is 787. The van der Waals surface area contributed by atoms with Crippen LogP contribution in [0.2, 0.25) is 0 Å². The summed E-state index contributed by atoms with van der Waals surface area (Å²) in [5, 5.41) is 6.72. The molecule has 0 saturated heterocycles. The monoisotopic (exact) mass is 356 g/mol. The van der Waals surface area contributed by atoms with E-state index in [1.807, 2.05) is 38.1 Å². The number of carbonyl (C=O) groups is 1. The van der Waals surface area contributed by atoms with E-state index in [2.05, 4.69) is 10.5 Å². The number of ether oxygens (including phenoxy) is 2. The van der Waals surface area contributed by atoms with E-state index >= 15 is 0 Å². The molecule has 2 aromatic rings. The smallest absolute Gasteiger partial charge is 0.265 e. The van der Waals surface area contributed by atoms with Gasteiger partial charge in [-0.15, -0.1) is 0 Å². The Morgan fingerprint density at radius 1 is 1.15 bits per heavy atom. The van der Waals surface area contributed by atoms with Gasteiger partial charge in [-0.25, -0.2) is 0 Å². The molecule has 1 amide bonds. The van der Waals surface area contributed by atoms with E-state index < -0.39 is 0 Å². The Hall–Kier alpha value is -3.02. The molecule has 0 unspecified atom stereocenters. The predicted molar refractivity (Wildman–Crippen MR) is 102 cm³/mol. The second-order valence-electron chi connectivity index (χ2n) is 5.63. The summed E-state index contributed by atoms with van der Waals surface area (Å²) in [5.41, 5.74) is 3.72. The van der Waals surface area contributed by atoms with Crippen LogP contribution >= 0.6 is 0 Å². The number of amides is 1. The third-order valence-corrected chi connectivity index (χ3v) is 3.88. The largest absolute Gasteiger partial charge is 0.493 e. The minimum atomic E-state index is -0.251. The van der Waals surface area contributed by atoms with Gasteiger partial charge in [-0.2, -0.15) is 0 Å². The number of aryl methyl sites for hydroxylation is 2. The number of anilines is 1. The second-order valence-corrected chi connectivity index (χ2v) is 5.63. The molecular formula is C20H24N2O4. The summed E-state index contributed by atoms with van der Waals surface area (Å²) in [6.45, 7) is 3.85. The average molecular weight is 356 g/mol. The number of para-hydroxylation sites is 1. The number of oxime groups is 1. The summed E-state index contributed by atoms with van der Waals surface area (Å²) >= 11 is 0. The van der Waals surface area contributed by atoms with Crippen LogP contribution in [0.25, 0.3) is 0 Å². The Balaban J connectivity index is 1.92. The number of hydrogen-bond acceptors (Lipinski definition) is 5. The lowest BCUT2D eigenvalue weighted by molar-refractivity contribution is -0.120. The summed E-state index contributed by atoms with van der Waals surface area (Å²) in [5.74, 6) is 0.981. The van der Waals surface area contributed by atoms with Gasteiger partial charge in [0.05, 0.1) is 20.4 Å². The SMILES string of the molecule is CCc1cccc(C)c1NC(=O)CO/N=C\c1ccc(OC)c(OC)c1. The summed E-state index contributed by atoms with van der Waals surface area (Å²) in [4.78, 5) is 17.2. The van der Waals surface area contributed by atoms with Crippen LogP contribution in [0.5, 0.6) is 11.5 Å². The van der Waals surface area contributed by atoms with Crippen molar-refractivity contribution in [1.29, 1.82) is 0 Å². The zero-order valence-electron chi connectivity index (χ0n) is 15.5. The second kappa shape index (κ2) is 9.46. The molecule has 138 valence electrons. The molecule has 0 aliphatic rings. The molecule has 0 bridgehead atoms. The highest BCUT2D eigenvalue weighted by molar-refractivity contribution is 5.93. The topological polar surface area (TPSA) is 69.2 Å². The summed E-state index contributed by atoms with van der Waals surface area (Å²) < 4.78 is 10.4. The third-order valence-electron chi connectivity index (χ3n) is 3.88. The molecule has 6 nitrogen and oxygen atoms in total. The lowest BCUT2D eigenvalue weighted by Crippen LogP contribution is -2.18. The van der Waals surface area contributed by atoms with Crippen LogP contribution in [0.1, 0.15) is 23.6 Å². The molecule has 6 heteroatoms. The Kier molecular flexibility index (Phi) is 7.02. The number of carbonyl (C=O) groups excluding carboxylic acids is 1. The first-order valence-electron chi connectivity index (χ1n) is 8.34. The van der Waals surface area contributed by atoms with E-state index in [1.165, 1.54) is 6.21 Å². The summed E-state index contributed by atoms with van der Waals surface area (Å²) in [6.07, 6.45) is 2.36. The number of nitrogens with zero attached hydrogens (tertiary/aromatic N) is 1. The van der Waals surface area contributed by atoms with Crippen molar-refractivity contribution >= 4 is 17.8 Å². The van der Waals surface area contributed by atoms with Crippen molar-refractivity contribution in [2.45, 2.75) is 20.3 Å². The van der Waals surface area contributed by atoms with Gasteiger partial charge in [-0.05, 0) is 42.7 Å². The fourth-order valence-corrected chi connectivity index (χ4v) is 2.50. The molecule has 0 aromatic heterocycles. The van der Waals surface area contributed by atoms with Crippen molar-refractivity contribution in [2.75, 3.05) is 26.1 Å². The van der Waals surface area contributed by atoms with E-state index in [4.69, 9.17) is 14.3 Å². The standard InChI is InChI=1S/C20H24N2O4/c1-5-16-8-6-7-14(2)20(16)22-19(23)13-26-21-12-15-9-10-17(24-3)18(11-15)25-4/h6-12H,5,13H2,1-4H3,(H,22,23)/b21-12-. The van der Waals surface area contributed by atoms with Crippen LogP contribution < -0.4 is 14.8 Å². The molecule has 0 aliphatic heterocycles. The molecule has 0 saturated carbocycles. The first-order valence-corrected chi connectivity index (χ1v) is 8.34. The first-order chi connectivity index (χ1) is 12.6. The summed E-state index contributed by atoms with van der Waals surface area (Å²) in [7, 11) is 3.14. The number of hydrogen-bond donors (Lipinski definition) is 1. The van der Waals surface area contributed by atoms with Gasteiger partial charge in [0, 0.05) is 11.3 Å². The molecule has 2 aromatic carbocycles. The maximum Gasteiger partial charge on any atom is 0.265 e. The minimum absolute atomic E-state index is 0.165. The van der Waals surface area contributed by atoms with E-state index in [1.54, 1.807) is 26.4 Å².